The Morgan fingerprint density at radius 1 is 1.20 bits per heavy atom. The van der Waals surface area contributed by atoms with Gasteiger partial charge in [0, 0.05) is 35.1 Å². The Kier molecular flexibility index (Phi) is 6.53. The zero-order valence-corrected chi connectivity index (χ0v) is 20.2. The Balaban J connectivity index is 1.57. The van der Waals surface area contributed by atoms with E-state index in [1.807, 2.05) is 0 Å². The molecule has 1 fully saturated rings. The smallest absolute Gasteiger partial charge is 0.348 e. The van der Waals surface area contributed by atoms with Gasteiger partial charge < -0.3 is 9.71 Å². The molecule has 2 heterocycles. The van der Waals surface area contributed by atoms with Crippen LogP contribution in [-0.2, 0) is 26.9 Å². The van der Waals surface area contributed by atoms with E-state index >= 15 is 0 Å². The lowest BCUT2D eigenvalue weighted by Crippen LogP contribution is -2.53. The van der Waals surface area contributed by atoms with Gasteiger partial charge in [-0.2, -0.15) is 8.78 Å². The Labute approximate surface area is 208 Å². The Hall–Kier alpha value is -3.14. The molecule has 1 N–H and O–H groups in total. The summed E-state index contributed by atoms with van der Waals surface area (Å²) in [6.07, 6.45) is 0.375. The zero-order chi connectivity index (χ0) is 25.7. The van der Waals surface area contributed by atoms with Crippen molar-refractivity contribution in [2.75, 3.05) is 0 Å². The van der Waals surface area contributed by atoms with E-state index in [2.05, 4.69) is 5.32 Å². The largest absolute Gasteiger partial charge is 0.384 e. The standard InChI is InChI=1S/C22H21B3ClF2N3O4/c23-15-8-14-13(18(24)31(20(14)34)16-5-6-17(32)29-19(16)33)7-10(15)9-30(25)21(35)22(27,28)11-1-3-12(26)4-2-11/h1-4,7-8,16,18H,5-6,9,23-25H2,(H,29,32,33). The molecule has 0 spiro atoms. The fraction of sp³-hybridized carbons (Fsp3) is 0.273. The highest BCUT2D eigenvalue weighted by Crippen LogP contribution is 2.36. The number of halogens is 3. The van der Waals surface area contributed by atoms with Crippen molar-refractivity contribution in [1.29, 1.82) is 0 Å². The van der Waals surface area contributed by atoms with Crippen molar-refractivity contribution in [3.05, 3.63) is 63.7 Å². The van der Waals surface area contributed by atoms with Crippen molar-refractivity contribution in [2.45, 2.75) is 37.3 Å². The average molecular weight is 497 g/mol. The van der Waals surface area contributed by atoms with Gasteiger partial charge in [0.25, 0.3) is 11.8 Å². The highest BCUT2D eigenvalue weighted by Gasteiger charge is 2.44. The van der Waals surface area contributed by atoms with E-state index in [0.29, 0.717) is 22.2 Å². The van der Waals surface area contributed by atoms with Crippen LogP contribution in [0.2, 0.25) is 5.02 Å². The molecule has 2 aliphatic rings. The molecule has 2 aromatic carbocycles. The Bertz CT molecular complexity index is 1250. The van der Waals surface area contributed by atoms with Gasteiger partial charge in [-0.25, -0.2) is 0 Å². The topological polar surface area (TPSA) is 86.8 Å². The average Bonchev–Trinajstić information content (AvgIpc) is 3.03. The van der Waals surface area contributed by atoms with Gasteiger partial charge in [-0.15, -0.1) is 0 Å². The maximum absolute atomic E-state index is 14.8. The molecular formula is C22H21B3ClF2N3O4. The molecule has 7 nitrogen and oxygen atoms in total. The number of imide groups is 1. The lowest BCUT2D eigenvalue weighted by molar-refractivity contribution is -0.154. The molecule has 2 aliphatic heterocycles. The van der Waals surface area contributed by atoms with E-state index in [-0.39, 0.29) is 36.2 Å². The molecule has 2 aromatic rings. The van der Waals surface area contributed by atoms with Crippen LogP contribution in [0.1, 0.15) is 45.8 Å². The molecule has 1 saturated heterocycles. The number of rotatable bonds is 5. The number of piperidine rings is 1. The number of amides is 4. The molecule has 0 aromatic heterocycles. The lowest BCUT2D eigenvalue weighted by atomic mass is 9.81. The number of hydrogen-bond donors (Lipinski definition) is 1. The number of hydrogen-bond acceptors (Lipinski definition) is 4. The minimum Gasteiger partial charge on any atom is -0.384 e. The summed E-state index contributed by atoms with van der Waals surface area (Å²) in [6, 6.07) is 7.45. The van der Waals surface area contributed by atoms with Gasteiger partial charge in [0.05, 0.1) is 0 Å². The third-order valence-corrected chi connectivity index (χ3v) is 6.87. The molecule has 0 radical (unpaired) electrons. The van der Waals surface area contributed by atoms with Crippen molar-refractivity contribution < 1.29 is 28.0 Å². The summed E-state index contributed by atoms with van der Waals surface area (Å²) in [7, 11) is 4.80. The van der Waals surface area contributed by atoms with Gasteiger partial charge in [0.15, 0.2) is 0 Å². The molecule has 35 heavy (non-hydrogen) atoms. The third-order valence-electron chi connectivity index (χ3n) is 6.62. The summed E-state index contributed by atoms with van der Waals surface area (Å²) in [4.78, 5) is 52.1. The highest BCUT2D eigenvalue weighted by molar-refractivity contribution is 6.34. The van der Waals surface area contributed by atoms with Crippen LogP contribution in [0.25, 0.3) is 0 Å². The first kappa shape index (κ1) is 25.0. The number of alkyl halides is 2. The minimum absolute atomic E-state index is 0.0968. The molecule has 13 heteroatoms. The zero-order valence-electron chi connectivity index (χ0n) is 19.4. The van der Waals surface area contributed by atoms with Gasteiger partial charge in [0.1, 0.15) is 21.7 Å². The predicted molar refractivity (Wildman–Crippen MR) is 133 cm³/mol. The fourth-order valence-corrected chi connectivity index (χ4v) is 4.77. The monoisotopic (exact) mass is 497 g/mol. The molecule has 2 atom stereocenters. The van der Waals surface area contributed by atoms with Gasteiger partial charge in [-0.05, 0) is 29.7 Å². The maximum atomic E-state index is 14.8. The molecule has 0 aliphatic carbocycles. The summed E-state index contributed by atoms with van der Waals surface area (Å²) in [6.45, 7) is -0.0968. The van der Waals surface area contributed by atoms with Gasteiger partial charge in [0.2, 0.25) is 19.8 Å². The summed E-state index contributed by atoms with van der Waals surface area (Å²) < 4.78 is 29.7. The van der Waals surface area contributed by atoms with E-state index < -0.39 is 35.3 Å². The molecular weight excluding hydrogens is 476 g/mol. The second kappa shape index (κ2) is 9.15. The van der Waals surface area contributed by atoms with Crippen molar-refractivity contribution in [3.63, 3.8) is 0 Å². The van der Waals surface area contributed by atoms with Gasteiger partial charge in [-0.1, -0.05) is 41.3 Å². The summed E-state index contributed by atoms with van der Waals surface area (Å²) in [5, 5.41) is 2.56. The lowest BCUT2D eigenvalue weighted by Gasteiger charge is -2.33. The fourth-order valence-electron chi connectivity index (χ4n) is 4.65. The van der Waals surface area contributed by atoms with Crippen LogP contribution in [0.4, 0.5) is 8.78 Å². The van der Waals surface area contributed by atoms with Crippen LogP contribution in [0.15, 0.2) is 36.4 Å². The number of fused-ring (bicyclic) bond motifs is 1. The highest BCUT2D eigenvalue weighted by atomic mass is 35.5. The van der Waals surface area contributed by atoms with Crippen molar-refractivity contribution in [2.24, 2.45) is 0 Å². The van der Waals surface area contributed by atoms with Crippen molar-refractivity contribution >= 4 is 64.4 Å². The Morgan fingerprint density at radius 3 is 2.49 bits per heavy atom. The van der Waals surface area contributed by atoms with Crippen molar-refractivity contribution in [3.8, 4) is 0 Å². The number of nitrogens with zero attached hydrogens (tertiary/aromatic N) is 2. The summed E-state index contributed by atoms with van der Waals surface area (Å²) in [5.74, 6) is -6.78. The molecule has 178 valence electrons. The van der Waals surface area contributed by atoms with E-state index in [0.717, 1.165) is 16.9 Å². The van der Waals surface area contributed by atoms with Crippen LogP contribution >= 0.6 is 11.6 Å². The first-order chi connectivity index (χ1) is 16.4. The maximum Gasteiger partial charge on any atom is 0.348 e. The van der Waals surface area contributed by atoms with Crippen molar-refractivity contribution in [1.82, 2.24) is 15.0 Å². The molecule has 0 saturated carbocycles. The van der Waals surface area contributed by atoms with E-state index in [4.69, 9.17) is 11.6 Å². The number of benzene rings is 2. The number of carbonyl (C=O) groups is 4. The quantitative estimate of drug-likeness (QED) is 0.432. The van der Waals surface area contributed by atoms with Gasteiger partial charge >= 0.3 is 5.92 Å². The first-order valence-corrected chi connectivity index (χ1v) is 11.5. The SMILES string of the molecule is Bc1cc2c(cc1CN(B)C(=O)C(F)(F)c1ccc(Cl)cc1)C(B)N(C1CCC(=O)NC1=O)C2=O. The van der Waals surface area contributed by atoms with Gasteiger partial charge in [-0.3, -0.25) is 24.5 Å². The minimum atomic E-state index is -3.74. The van der Waals surface area contributed by atoms with E-state index in [9.17, 15) is 28.0 Å². The third kappa shape index (κ3) is 4.47. The molecule has 0 bridgehead atoms. The van der Waals surface area contributed by atoms with Crippen LogP contribution in [0.5, 0.6) is 0 Å². The van der Waals surface area contributed by atoms with E-state index in [1.165, 1.54) is 25.0 Å². The van der Waals surface area contributed by atoms with Crippen LogP contribution in [0, 0.1) is 0 Å². The predicted octanol–water partition coefficient (Wildman–Crippen LogP) is -0.840. The first-order valence-electron chi connectivity index (χ1n) is 11.1. The summed E-state index contributed by atoms with van der Waals surface area (Å²) in [5.41, 5.74) is 1.87. The Morgan fingerprint density at radius 2 is 1.86 bits per heavy atom. The van der Waals surface area contributed by atoms with Crippen LogP contribution < -0.4 is 10.8 Å². The van der Waals surface area contributed by atoms with E-state index in [1.54, 1.807) is 27.8 Å². The molecule has 4 rings (SSSR count). The number of carbonyl (C=O) groups excluding carboxylic acids is 4. The second-order valence-electron chi connectivity index (χ2n) is 8.96. The van der Waals surface area contributed by atoms with Crippen LogP contribution in [-0.4, -0.2) is 63.1 Å². The summed E-state index contributed by atoms with van der Waals surface area (Å²) >= 11 is 5.77. The molecule has 4 amide bonds. The number of nitrogens with one attached hydrogen (secondary N) is 1. The van der Waals surface area contributed by atoms with Crippen LogP contribution in [0.3, 0.4) is 0 Å². The normalized spacial score (nSPS) is 20.0. The second-order valence-corrected chi connectivity index (χ2v) is 9.40. The molecule has 2 unspecified atom stereocenters.